The zero-order chi connectivity index (χ0) is 14.1. The minimum Gasteiger partial charge on any atom is -0.481 e. The summed E-state index contributed by atoms with van der Waals surface area (Å²) in [7, 11) is 0. The van der Waals surface area contributed by atoms with Crippen LogP contribution in [0.3, 0.4) is 0 Å². The molecular formula is C8H20N2O6Ti. The molecule has 0 unspecified atom stereocenters. The molecule has 0 aromatic rings. The van der Waals surface area contributed by atoms with Crippen molar-refractivity contribution >= 4 is 17.9 Å². The topological polar surface area (TPSA) is 164 Å². The van der Waals surface area contributed by atoms with Crippen LogP contribution in [-0.2, 0) is 36.1 Å². The maximum atomic E-state index is 9.00. The van der Waals surface area contributed by atoms with E-state index in [0.29, 0.717) is 13.1 Å². The SMILES string of the molecule is CC(=O)O.CC(=O)O.CC(=O)O.NCCN.[Ti]. The van der Waals surface area contributed by atoms with E-state index in [9.17, 15) is 0 Å². The maximum absolute atomic E-state index is 9.00. The van der Waals surface area contributed by atoms with Gasteiger partial charge < -0.3 is 26.8 Å². The second kappa shape index (κ2) is 29.4. The van der Waals surface area contributed by atoms with Gasteiger partial charge in [0.25, 0.3) is 17.9 Å². The molecular weight excluding hydrogens is 268 g/mol. The fourth-order valence-electron chi connectivity index (χ4n) is 0. The zero-order valence-corrected chi connectivity index (χ0v) is 11.7. The van der Waals surface area contributed by atoms with Gasteiger partial charge in [0.1, 0.15) is 0 Å². The average molecular weight is 288 g/mol. The zero-order valence-electron chi connectivity index (χ0n) is 10.1. The van der Waals surface area contributed by atoms with Crippen molar-refractivity contribution in [2.75, 3.05) is 13.1 Å². The Labute approximate surface area is 115 Å². The quantitative estimate of drug-likeness (QED) is 0.390. The molecule has 102 valence electrons. The van der Waals surface area contributed by atoms with Crippen LogP contribution in [0.2, 0.25) is 0 Å². The molecule has 0 saturated carbocycles. The van der Waals surface area contributed by atoms with Crippen LogP contribution in [-0.4, -0.2) is 46.3 Å². The normalized spacial score (nSPS) is 6.18. The third-order valence-electron chi connectivity index (χ3n) is 0.167. The van der Waals surface area contributed by atoms with Gasteiger partial charge in [-0.05, 0) is 0 Å². The number of aliphatic carboxylic acids is 3. The summed E-state index contributed by atoms with van der Waals surface area (Å²) >= 11 is 0. The van der Waals surface area contributed by atoms with Crippen molar-refractivity contribution in [3.8, 4) is 0 Å². The van der Waals surface area contributed by atoms with Gasteiger partial charge in [0.15, 0.2) is 0 Å². The van der Waals surface area contributed by atoms with Crippen molar-refractivity contribution in [1.29, 1.82) is 0 Å². The smallest absolute Gasteiger partial charge is 0.300 e. The van der Waals surface area contributed by atoms with E-state index in [1.165, 1.54) is 0 Å². The van der Waals surface area contributed by atoms with Crippen LogP contribution < -0.4 is 11.5 Å². The summed E-state index contributed by atoms with van der Waals surface area (Å²) in [4.78, 5) is 27.0. The molecule has 0 aliphatic heterocycles. The molecule has 0 fully saturated rings. The Balaban J connectivity index is -0.0000000369. The molecule has 0 saturated heterocycles. The van der Waals surface area contributed by atoms with Crippen LogP contribution in [0, 0.1) is 0 Å². The fraction of sp³-hybridized carbons (Fsp3) is 0.625. The van der Waals surface area contributed by atoms with Gasteiger partial charge in [-0.3, -0.25) is 14.4 Å². The summed E-state index contributed by atoms with van der Waals surface area (Å²) in [5.41, 5.74) is 9.81. The molecule has 0 spiro atoms. The summed E-state index contributed by atoms with van der Waals surface area (Å²) in [5.74, 6) is -2.50. The summed E-state index contributed by atoms with van der Waals surface area (Å²) in [6.45, 7) is 4.44. The molecule has 8 nitrogen and oxygen atoms in total. The van der Waals surface area contributed by atoms with E-state index in [0.717, 1.165) is 20.8 Å². The van der Waals surface area contributed by atoms with Crippen LogP contribution in [0.1, 0.15) is 20.8 Å². The average Bonchev–Trinajstić information content (AvgIpc) is 2.00. The predicted octanol–water partition coefficient (Wildman–Crippen LogP) is -0.826. The van der Waals surface area contributed by atoms with E-state index in [1.807, 2.05) is 0 Å². The Morgan fingerprint density at radius 2 is 0.824 bits per heavy atom. The van der Waals surface area contributed by atoms with E-state index in [4.69, 9.17) is 41.2 Å². The second-order valence-electron chi connectivity index (χ2n) is 2.13. The summed E-state index contributed by atoms with van der Waals surface area (Å²) in [6, 6.07) is 0. The third kappa shape index (κ3) is 1310000. The predicted molar refractivity (Wildman–Crippen MR) is 58.0 cm³/mol. The summed E-state index contributed by atoms with van der Waals surface area (Å²) in [5, 5.41) is 22.2. The molecule has 0 aliphatic rings. The first-order valence-electron chi connectivity index (χ1n) is 4.10. The molecule has 0 aromatic carbocycles. The molecule has 0 radical (unpaired) electrons. The molecule has 0 aromatic heterocycles. The van der Waals surface area contributed by atoms with Crippen molar-refractivity contribution < 1.29 is 51.4 Å². The first-order valence-corrected chi connectivity index (χ1v) is 4.10. The number of nitrogens with two attached hydrogens (primary N) is 2. The van der Waals surface area contributed by atoms with Gasteiger partial charge in [0.2, 0.25) is 0 Å². The van der Waals surface area contributed by atoms with Crippen molar-refractivity contribution in [3.63, 3.8) is 0 Å². The van der Waals surface area contributed by atoms with Gasteiger partial charge in [-0.15, -0.1) is 0 Å². The number of hydrogen-bond donors (Lipinski definition) is 5. The molecule has 0 amide bonds. The molecule has 0 heterocycles. The van der Waals surface area contributed by atoms with Crippen molar-refractivity contribution in [2.45, 2.75) is 20.8 Å². The Morgan fingerprint density at radius 1 is 0.765 bits per heavy atom. The van der Waals surface area contributed by atoms with Gasteiger partial charge in [0.05, 0.1) is 0 Å². The Bertz CT molecular complexity index is 146. The Morgan fingerprint density at radius 3 is 0.824 bits per heavy atom. The Hall–Kier alpha value is -0.956. The number of hydrogen-bond acceptors (Lipinski definition) is 5. The molecule has 0 aliphatic carbocycles. The van der Waals surface area contributed by atoms with Gasteiger partial charge in [-0.25, -0.2) is 0 Å². The van der Waals surface area contributed by atoms with E-state index in [1.54, 1.807) is 0 Å². The van der Waals surface area contributed by atoms with Crippen LogP contribution in [0.25, 0.3) is 0 Å². The van der Waals surface area contributed by atoms with Gasteiger partial charge in [0, 0.05) is 55.6 Å². The maximum Gasteiger partial charge on any atom is 0.300 e. The van der Waals surface area contributed by atoms with Crippen molar-refractivity contribution in [3.05, 3.63) is 0 Å². The number of rotatable bonds is 1. The van der Waals surface area contributed by atoms with Crippen LogP contribution in [0.5, 0.6) is 0 Å². The monoisotopic (exact) mass is 288 g/mol. The Kier molecular flexibility index (Phi) is 51.5. The molecule has 0 bridgehead atoms. The van der Waals surface area contributed by atoms with E-state index < -0.39 is 17.9 Å². The first-order chi connectivity index (χ1) is 7.11. The number of carboxylic acids is 3. The van der Waals surface area contributed by atoms with Crippen LogP contribution in [0.15, 0.2) is 0 Å². The van der Waals surface area contributed by atoms with Gasteiger partial charge in [-0.1, -0.05) is 0 Å². The molecule has 17 heavy (non-hydrogen) atoms. The fourth-order valence-corrected chi connectivity index (χ4v) is 0. The molecule has 9 heteroatoms. The van der Waals surface area contributed by atoms with Crippen molar-refractivity contribution in [2.24, 2.45) is 11.5 Å². The van der Waals surface area contributed by atoms with Crippen LogP contribution >= 0.6 is 0 Å². The third-order valence-corrected chi connectivity index (χ3v) is 0.167. The number of carbonyl (C=O) groups is 3. The minimum absolute atomic E-state index is 0. The van der Waals surface area contributed by atoms with Gasteiger partial charge in [-0.2, -0.15) is 0 Å². The van der Waals surface area contributed by atoms with Gasteiger partial charge >= 0.3 is 0 Å². The second-order valence-corrected chi connectivity index (χ2v) is 2.13. The largest absolute Gasteiger partial charge is 0.481 e. The minimum atomic E-state index is -0.833. The van der Waals surface area contributed by atoms with Crippen LogP contribution in [0.4, 0.5) is 0 Å². The van der Waals surface area contributed by atoms with E-state index in [2.05, 4.69) is 0 Å². The van der Waals surface area contributed by atoms with E-state index in [-0.39, 0.29) is 21.7 Å². The standard InChI is InChI=1S/C2H8N2.3C2H4O2.Ti/c3-1-2-4;3*1-2(3)4;/h1-4H2;3*1H3,(H,3,4);. The molecule has 7 N–H and O–H groups in total. The molecule has 0 atom stereocenters. The van der Waals surface area contributed by atoms with E-state index >= 15 is 0 Å². The molecule has 0 rings (SSSR count). The summed E-state index contributed by atoms with van der Waals surface area (Å²) < 4.78 is 0. The summed E-state index contributed by atoms with van der Waals surface area (Å²) in [6.07, 6.45) is 0. The van der Waals surface area contributed by atoms with Crippen molar-refractivity contribution in [1.82, 2.24) is 0 Å². The first kappa shape index (κ1) is 29.8. The number of carboxylic acid groups (broad SMARTS) is 3.